The smallest absolute Gasteiger partial charge is 0.170 e. The molecule has 2 aliphatic rings. The monoisotopic (exact) mass is 188 g/mol. The standard InChI is InChI=1S/C11H12N2O/c1-2-8-6-11(14)9-5-7(12)3-4-10(9)13-8/h3-6,9H,2,12H2,1H3. The molecule has 1 atom stereocenters. The molecule has 0 amide bonds. The topological polar surface area (TPSA) is 55.5 Å². The van der Waals surface area contributed by atoms with Crippen molar-refractivity contribution in [1.82, 2.24) is 0 Å². The molecule has 0 radical (unpaired) electrons. The van der Waals surface area contributed by atoms with Crippen molar-refractivity contribution < 1.29 is 4.79 Å². The van der Waals surface area contributed by atoms with Crippen LogP contribution in [-0.2, 0) is 4.79 Å². The van der Waals surface area contributed by atoms with Crippen LogP contribution in [0.4, 0.5) is 0 Å². The van der Waals surface area contributed by atoms with Gasteiger partial charge in [-0.2, -0.15) is 0 Å². The zero-order valence-corrected chi connectivity index (χ0v) is 8.03. The van der Waals surface area contributed by atoms with Crippen molar-refractivity contribution in [3.63, 3.8) is 0 Å². The number of ketones is 1. The lowest BCUT2D eigenvalue weighted by Crippen LogP contribution is -2.26. The maximum atomic E-state index is 11.7. The summed E-state index contributed by atoms with van der Waals surface area (Å²) in [4.78, 5) is 16.0. The quantitative estimate of drug-likeness (QED) is 0.675. The number of hydrogen-bond donors (Lipinski definition) is 1. The molecule has 1 aliphatic carbocycles. The van der Waals surface area contributed by atoms with Gasteiger partial charge in [0.2, 0.25) is 0 Å². The van der Waals surface area contributed by atoms with E-state index in [-0.39, 0.29) is 11.7 Å². The summed E-state index contributed by atoms with van der Waals surface area (Å²) in [6.07, 6.45) is 7.75. The second kappa shape index (κ2) is 3.25. The lowest BCUT2D eigenvalue weighted by molar-refractivity contribution is -0.115. The van der Waals surface area contributed by atoms with Crippen molar-refractivity contribution in [2.24, 2.45) is 16.6 Å². The molecule has 14 heavy (non-hydrogen) atoms. The van der Waals surface area contributed by atoms with E-state index in [0.717, 1.165) is 17.8 Å². The van der Waals surface area contributed by atoms with Gasteiger partial charge < -0.3 is 5.73 Å². The van der Waals surface area contributed by atoms with Crippen molar-refractivity contribution in [2.45, 2.75) is 13.3 Å². The molecule has 0 aromatic carbocycles. The molecule has 0 bridgehead atoms. The average Bonchev–Trinajstić information content (AvgIpc) is 2.19. The third-order valence-electron chi connectivity index (χ3n) is 2.37. The van der Waals surface area contributed by atoms with Crippen LogP contribution in [0.2, 0.25) is 0 Å². The fourth-order valence-corrected chi connectivity index (χ4v) is 1.59. The maximum Gasteiger partial charge on any atom is 0.170 e. The summed E-state index contributed by atoms with van der Waals surface area (Å²) in [6.45, 7) is 1.99. The molecule has 72 valence electrons. The van der Waals surface area contributed by atoms with Crippen molar-refractivity contribution in [3.05, 3.63) is 35.7 Å². The lowest BCUT2D eigenvalue weighted by Gasteiger charge is -2.19. The second-order valence-electron chi connectivity index (χ2n) is 3.41. The first-order valence-electron chi connectivity index (χ1n) is 4.69. The molecule has 0 saturated heterocycles. The molecular formula is C11H12N2O. The van der Waals surface area contributed by atoms with E-state index in [2.05, 4.69) is 4.99 Å². The molecule has 0 fully saturated rings. The average molecular weight is 188 g/mol. The number of hydrogen-bond acceptors (Lipinski definition) is 3. The van der Waals surface area contributed by atoms with Gasteiger partial charge in [0.25, 0.3) is 0 Å². The van der Waals surface area contributed by atoms with Gasteiger partial charge >= 0.3 is 0 Å². The summed E-state index contributed by atoms with van der Waals surface area (Å²) in [5.41, 5.74) is 7.91. The Balaban J connectivity index is 2.39. The zero-order chi connectivity index (χ0) is 10.1. The van der Waals surface area contributed by atoms with Gasteiger partial charge in [0, 0.05) is 17.5 Å². The maximum absolute atomic E-state index is 11.7. The molecular weight excluding hydrogens is 176 g/mol. The number of carbonyl (C=O) groups excluding carboxylic acids is 1. The lowest BCUT2D eigenvalue weighted by atomic mass is 9.90. The fourth-order valence-electron chi connectivity index (χ4n) is 1.59. The minimum absolute atomic E-state index is 0.0825. The Labute approximate surface area is 82.7 Å². The van der Waals surface area contributed by atoms with Gasteiger partial charge in [-0.05, 0) is 24.6 Å². The molecule has 0 spiro atoms. The highest BCUT2D eigenvalue weighted by atomic mass is 16.1. The van der Waals surface area contributed by atoms with Crippen LogP contribution in [0.25, 0.3) is 0 Å². The van der Waals surface area contributed by atoms with Crippen LogP contribution in [0.5, 0.6) is 0 Å². The summed E-state index contributed by atoms with van der Waals surface area (Å²) in [7, 11) is 0. The first-order chi connectivity index (χ1) is 6.70. The van der Waals surface area contributed by atoms with Gasteiger partial charge in [-0.3, -0.25) is 9.79 Å². The summed E-state index contributed by atoms with van der Waals surface area (Å²) in [5.74, 6) is -0.172. The summed E-state index contributed by atoms with van der Waals surface area (Å²) < 4.78 is 0. The number of carbonyl (C=O) groups is 1. The van der Waals surface area contributed by atoms with E-state index in [4.69, 9.17) is 5.73 Å². The Morgan fingerprint density at radius 3 is 3.00 bits per heavy atom. The number of nitrogens with zero attached hydrogens (tertiary/aromatic N) is 1. The predicted octanol–water partition coefficient (Wildman–Crippen LogP) is 1.33. The van der Waals surface area contributed by atoms with Gasteiger partial charge in [0.1, 0.15) is 0 Å². The molecule has 3 heteroatoms. The fraction of sp³-hybridized carbons (Fsp3) is 0.273. The van der Waals surface area contributed by atoms with E-state index in [0.29, 0.717) is 5.70 Å². The minimum Gasteiger partial charge on any atom is -0.399 e. The van der Waals surface area contributed by atoms with Gasteiger partial charge in [0.05, 0.1) is 11.6 Å². The van der Waals surface area contributed by atoms with Crippen LogP contribution in [0.3, 0.4) is 0 Å². The van der Waals surface area contributed by atoms with Crippen molar-refractivity contribution in [1.29, 1.82) is 0 Å². The van der Waals surface area contributed by atoms with E-state index < -0.39 is 0 Å². The summed E-state index contributed by atoms with van der Waals surface area (Å²) in [6, 6.07) is 0. The van der Waals surface area contributed by atoms with Crippen LogP contribution in [0.1, 0.15) is 13.3 Å². The second-order valence-corrected chi connectivity index (χ2v) is 3.41. The highest BCUT2D eigenvalue weighted by Crippen LogP contribution is 2.21. The Kier molecular flexibility index (Phi) is 2.08. The van der Waals surface area contributed by atoms with Crippen LogP contribution in [-0.4, -0.2) is 11.5 Å². The highest BCUT2D eigenvalue weighted by Gasteiger charge is 2.25. The van der Waals surface area contributed by atoms with E-state index >= 15 is 0 Å². The molecule has 0 aromatic heterocycles. The third-order valence-corrected chi connectivity index (χ3v) is 2.37. The van der Waals surface area contributed by atoms with E-state index in [1.54, 1.807) is 18.2 Å². The van der Waals surface area contributed by atoms with Gasteiger partial charge in [-0.1, -0.05) is 6.92 Å². The van der Waals surface area contributed by atoms with Gasteiger partial charge in [0.15, 0.2) is 5.78 Å². The van der Waals surface area contributed by atoms with E-state index in [1.807, 2.05) is 13.0 Å². The molecule has 3 nitrogen and oxygen atoms in total. The third kappa shape index (κ3) is 1.41. The molecule has 0 aromatic rings. The van der Waals surface area contributed by atoms with Crippen LogP contribution >= 0.6 is 0 Å². The highest BCUT2D eigenvalue weighted by molar-refractivity contribution is 6.18. The van der Waals surface area contributed by atoms with Crippen LogP contribution in [0.15, 0.2) is 40.7 Å². The summed E-state index contributed by atoms with van der Waals surface area (Å²) >= 11 is 0. The summed E-state index contributed by atoms with van der Waals surface area (Å²) in [5, 5.41) is 0. The Hall–Kier alpha value is -1.64. The van der Waals surface area contributed by atoms with Gasteiger partial charge in [-0.25, -0.2) is 0 Å². The number of fused-ring (bicyclic) bond motifs is 1. The number of aliphatic imine (C=N–C) groups is 1. The first kappa shape index (κ1) is 8.94. The number of rotatable bonds is 1. The minimum atomic E-state index is -0.254. The van der Waals surface area contributed by atoms with E-state index in [9.17, 15) is 4.79 Å². The SMILES string of the molecule is CCC1=CC(=O)C2C=C(N)C=CC2=N1. The number of nitrogens with two attached hydrogens (primary N) is 1. The number of allylic oxidation sites excluding steroid dienone is 5. The molecule has 2 N–H and O–H groups in total. The molecule has 1 aliphatic heterocycles. The normalized spacial score (nSPS) is 25.1. The van der Waals surface area contributed by atoms with Crippen LogP contribution in [0, 0.1) is 5.92 Å². The van der Waals surface area contributed by atoms with E-state index in [1.165, 1.54) is 0 Å². The Bertz CT molecular complexity index is 400. The zero-order valence-electron chi connectivity index (χ0n) is 8.03. The largest absolute Gasteiger partial charge is 0.399 e. The van der Waals surface area contributed by atoms with Crippen LogP contribution < -0.4 is 5.73 Å². The molecule has 1 unspecified atom stereocenters. The molecule has 2 rings (SSSR count). The van der Waals surface area contributed by atoms with Crippen molar-refractivity contribution >= 4 is 11.5 Å². The Morgan fingerprint density at radius 1 is 1.50 bits per heavy atom. The van der Waals surface area contributed by atoms with Gasteiger partial charge in [-0.15, -0.1) is 0 Å². The van der Waals surface area contributed by atoms with Crippen molar-refractivity contribution in [2.75, 3.05) is 0 Å². The Morgan fingerprint density at radius 2 is 2.29 bits per heavy atom. The molecule has 1 heterocycles. The molecule has 0 saturated carbocycles. The first-order valence-corrected chi connectivity index (χ1v) is 4.69. The van der Waals surface area contributed by atoms with Crippen molar-refractivity contribution in [3.8, 4) is 0 Å². The predicted molar refractivity (Wildman–Crippen MR) is 55.7 cm³/mol.